The lowest BCUT2D eigenvalue weighted by Crippen LogP contribution is -2.37. The molecule has 2 aliphatic rings. The van der Waals surface area contributed by atoms with Gasteiger partial charge in [-0.1, -0.05) is 13.0 Å². The minimum absolute atomic E-state index is 0.0325. The number of nitrogens with one attached hydrogen (secondary N) is 1. The first-order chi connectivity index (χ1) is 6.79. The molecule has 14 heavy (non-hydrogen) atoms. The minimum atomic E-state index is -0.0325. The van der Waals surface area contributed by atoms with Gasteiger partial charge < -0.3 is 5.32 Å². The number of fused-ring (bicyclic) bond motifs is 1. The molecule has 0 aromatic rings. The first kappa shape index (κ1) is 9.71. The van der Waals surface area contributed by atoms with Crippen LogP contribution in [0.2, 0.25) is 0 Å². The largest absolute Gasteiger partial charge is 0.348 e. The van der Waals surface area contributed by atoms with E-state index in [-0.39, 0.29) is 5.91 Å². The van der Waals surface area contributed by atoms with Crippen LogP contribution >= 0.6 is 0 Å². The van der Waals surface area contributed by atoms with Crippen molar-refractivity contribution < 1.29 is 4.79 Å². The zero-order chi connectivity index (χ0) is 9.97. The summed E-state index contributed by atoms with van der Waals surface area (Å²) in [5, 5.41) is 2.99. The maximum Gasteiger partial charge on any atom is 0.243 e. The Morgan fingerprint density at radius 2 is 2.36 bits per heavy atom. The van der Waals surface area contributed by atoms with Gasteiger partial charge in [-0.3, -0.25) is 9.69 Å². The Labute approximate surface area is 85.2 Å². The Morgan fingerprint density at radius 3 is 3.07 bits per heavy atom. The number of hydrogen-bond acceptors (Lipinski definition) is 2. The third-order valence-corrected chi connectivity index (χ3v) is 3.29. The van der Waals surface area contributed by atoms with Crippen LogP contribution in [0.4, 0.5) is 0 Å². The predicted octanol–water partition coefficient (Wildman–Crippen LogP) is 0.915. The van der Waals surface area contributed by atoms with Crippen molar-refractivity contribution in [1.82, 2.24) is 10.2 Å². The zero-order valence-electron chi connectivity index (χ0n) is 8.54. The van der Waals surface area contributed by atoms with Crippen LogP contribution in [0.1, 0.15) is 25.7 Å². The molecule has 0 aliphatic carbocycles. The minimum Gasteiger partial charge on any atom is -0.348 e. The Hall–Kier alpha value is -0.830. The molecule has 2 rings (SSSR count). The average Bonchev–Trinajstić information content (AvgIpc) is 2.59. The van der Waals surface area contributed by atoms with Gasteiger partial charge in [0.15, 0.2) is 0 Å². The topological polar surface area (TPSA) is 32.3 Å². The molecule has 1 N–H and O–H groups in total. The molecule has 78 valence electrons. The summed E-state index contributed by atoms with van der Waals surface area (Å²) < 4.78 is 0. The van der Waals surface area contributed by atoms with E-state index in [1.807, 2.05) is 0 Å². The smallest absolute Gasteiger partial charge is 0.243 e. The van der Waals surface area contributed by atoms with Gasteiger partial charge in [-0.05, 0) is 31.9 Å². The lowest BCUT2D eigenvalue weighted by atomic mass is 10.0. The highest BCUT2D eigenvalue weighted by molar-refractivity contribution is 5.87. The van der Waals surface area contributed by atoms with Crippen molar-refractivity contribution in [3.05, 3.63) is 12.7 Å². The van der Waals surface area contributed by atoms with Crippen LogP contribution in [0.25, 0.3) is 0 Å². The Kier molecular flexibility index (Phi) is 2.87. The number of hydrogen-bond donors (Lipinski definition) is 1. The summed E-state index contributed by atoms with van der Waals surface area (Å²) in [6, 6.07) is 1.07. The van der Waals surface area contributed by atoms with E-state index in [2.05, 4.69) is 16.8 Å². The second-order valence-corrected chi connectivity index (χ2v) is 4.29. The van der Waals surface area contributed by atoms with Gasteiger partial charge in [0, 0.05) is 18.6 Å². The summed E-state index contributed by atoms with van der Waals surface area (Å²) in [7, 11) is 0. The molecule has 0 saturated carbocycles. The fraction of sp³-hybridized carbons (Fsp3) is 0.727. The molecule has 2 unspecified atom stereocenters. The summed E-state index contributed by atoms with van der Waals surface area (Å²) in [6.07, 6.45) is 6.46. The quantitative estimate of drug-likeness (QED) is 0.663. The number of amides is 1. The van der Waals surface area contributed by atoms with E-state index >= 15 is 0 Å². The second kappa shape index (κ2) is 4.13. The number of carbonyl (C=O) groups excluding carboxylic acids is 1. The standard InChI is InChI=1S/C11H18N2O/c1-2-11(14)12-9-7-10-5-3-4-6-13(10)8-9/h2,9-10H,1,3-8H2,(H,12,14). The van der Waals surface area contributed by atoms with Crippen molar-refractivity contribution in [2.24, 2.45) is 0 Å². The first-order valence-electron chi connectivity index (χ1n) is 5.46. The summed E-state index contributed by atoms with van der Waals surface area (Å²) in [5.41, 5.74) is 0. The fourth-order valence-electron chi connectivity index (χ4n) is 2.62. The molecule has 0 aromatic carbocycles. The molecule has 2 saturated heterocycles. The molecule has 0 aromatic heterocycles. The summed E-state index contributed by atoms with van der Waals surface area (Å²) in [5.74, 6) is -0.0325. The Balaban J connectivity index is 1.86. The first-order valence-corrected chi connectivity index (χ1v) is 5.46. The molecule has 0 bridgehead atoms. The number of carbonyl (C=O) groups is 1. The maximum atomic E-state index is 11.1. The van der Waals surface area contributed by atoms with Gasteiger partial charge in [0.25, 0.3) is 0 Å². The Bertz CT molecular complexity index is 225. The highest BCUT2D eigenvalue weighted by Crippen LogP contribution is 2.26. The predicted molar refractivity (Wildman–Crippen MR) is 56.0 cm³/mol. The van der Waals surface area contributed by atoms with Crippen molar-refractivity contribution >= 4 is 5.91 Å². The van der Waals surface area contributed by atoms with E-state index in [0.29, 0.717) is 6.04 Å². The van der Waals surface area contributed by atoms with E-state index in [4.69, 9.17) is 0 Å². The van der Waals surface area contributed by atoms with Crippen LogP contribution in [0, 0.1) is 0 Å². The lowest BCUT2D eigenvalue weighted by molar-refractivity contribution is -0.117. The van der Waals surface area contributed by atoms with E-state index in [1.54, 1.807) is 0 Å². The fourth-order valence-corrected chi connectivity index (χ4v) is 2.62. The lowest BCUT2D eigenvalue weighted by Gasteiger charge is -2.28. The van der Waals surface area contributed by atoms with Gasteiger partial charge in [0.1, 0.15) is 0 Å². The van der Waals surface area contributed by atoms with E-state index in [1.165, 1.54) is 31.9 Å². The summed E-state index contributed by atoms with van der Waals surface area (Å²) in [4.78, 5) is 13.6. The molecule has 2 heterocycles. The van der Waals surface area contributed by atoms with Gasteiger partial charge in [-0.15, -0.1) is 0 Å². The molecule has 3 nitrogen and oxygen atoms in total. The van der Waals surface area contributed by atoms with Crippen molar-refractivity contribution in [2.45, 2.75) is 37.8 Å². The maximum absolute atomic E-state index is 11.1. The van der Waals surface area contributed by atoms with E-state index < -0.39 is 0 Å². The molecule has 1 amide bonds. The summed E-state index contributed by atoms with van der Waals surface area (Å²) in [6.45, 7) is 5.71. The summed E-state index contributed by atoms with van der Waals surface area (Å²) >= 11 is 0. The van der Waals surface area contributed by atoms with Crippen LogP contribution in [0.3, 0.4) is 0 Å². The van der Waals surface area contributed by atoms with Crippen LogP contribution in [0.5, 0.6) is 0 Å². The van der Waals surface area contributed by atoms with Crippen molar-refractivity contribution in [2.75, 3.05) is 13.1 Å². The monoisotopic (exact) mass is 194 g/mol. The molecule has 2 aliphatic heterocycles. The van der Waals surface area contributed by atoms with E-state index in [9.17, 15) is 4.79 Å². The third-order valence-electron chi connectivity index (χ3n) is 3.29. The van der Waals surface area contributed by atoms with Crippen LogP contribution in [-0.4, -0.2) is 36.0 Å². The van der Waals surface area contributed by atoms with Gasteiger partial charge in [0.05, 0.1) is 0 Å². The van der Waals surface area contributed by atoms with Crippen LogP contribution < -0.4 is 5.32 Å². The molecular weight excluding hydrogens is 176 g/mol. The molecule has 0 radical (unpaired) electrons. The zero-order valence-corrected chi connectivity index (χ0v) is 8.54. The SMILES string of the molecule is C=CC(=O)NC1CC2CCCCN2C1. The average molecular weight is 194 g/mol. The van der Waals surface area contributed by atoms with Crippen LogP contribution in [-0.2, 0) is 4.79 Å². The Morgan fingerprint density at radius 1 is 1.50 bits per heavy atom. The van der Waals surface area contributed by atoms with Crippen LogP contribution in [0.15, 0.2) is 12.7 Å². The normalized spacial score (nSPS) is 32.3. The third kappa shape index (κ3) is 1.98. The highest BCUT2D eigenvalue weighted by Gasteiger charge is 2.33. The van der Waals surface area contributed by atoms with Gasteiger partial charge in [-0.25, -0.2) is 0 Å². The number of piperidine rings is 1. The molecule has 3 heteroatoms. The van der Waals surface area contributed by atoms with Crippen molar-refractivity contribution in [1.29, 1.82) is 0 Å². The highest BCUT2D eigenvalue weighted by atomic mass is 16.1. The molecule has 2 fully saturated rings. The molecule has 2 atom stereocenters. The van der Waals surface area contributed by atoms with Gasteiger partial charge in [0.2, 0.25) is 5.91 Å². The number of nitrogens with zero attached hydrogens (tertiary/aromatic N) is 1. The van der Waals surface area contributed by atoms with Gasteiger partial charge in [-0.2, -0.15) is 0 Å². The molecule has 0 spiro atoms. The molecular formula is C11H18N2O. The second-order valence-electron chi connectivity index (χ2n) is 4.29. The van der Waals surface area contributed by atoms with Crippen molar-refractivity contribution in [3.63, 3.8) is 0 Å². The van der Waals surface area contributed by atoms with Gasteiger partial charge >= 0.3 is 0 Å². The van der Waals surface area contributed by atoms with E-state index in [0.717, 1.165) is 19.0 Å². The number of rotatable bonds is 2. The van der Waals surface area contributed by atoms with Crippen molar-refractivity contribution in [3.8, 4) is 0 Å².